The molecule has 0 atom stereocenters. The van der Waals surface area contributed by atoms with Gasteiger partial charge in [0.2, 0.25) is 0 Å². The Balaban J connectivity index is 0.000000102. The predicted octanol–water partition coefficient (Wildman–Crippen LogP) is 8.66. The number of rotatable bonds is 0. The molecule has 3 aromatic heterocycles. The molecule has 0 saturated heterocycles. The van der Waals surface area contributed by atoms with Gasteiger partial charge in [0.25, 0.3) is 0 Å². The molecule has 0 aliphatic carbocycles. The Hall–Kier alpha value is -3.82. The van der Waals surface area contributed by atoms with Crippen LogP contribution in [0.3, 0.4) is 0 Å². The zero-order valence-corrected chi connectivity index (χ0v) is 17.7. The largest absolute Gasteiger partial charge is 0.464 e. The maximum atomic E-state index is 5.12. The van der Waals surface area contributed by atoms with E-state index in [0.29, 0.717) is 0 Å². The van der Waals surface area contributed by atoms with Gasteiger partial charge in [0.15, 0.2) is 0 Å². The van der Waals surface area contributed by atoms with Crippen LogP contribution in [0.5, 0.6) is 0 Å². The smallest absolute Gasteiger partial charge is 0.133 e. The first-order chi connectivity index (χ1) is 15.4. The molecule has 7 rings (SSSR count). The quantitative estimate of drug-likeness (QED) is 0.262. The fourth-order valence-electron chi connectivity index (χ4n) is 3.61. The fraction of sp³-hybridized carbons (Fsp3) is 0. The van der Waals surface area contributed by atoms with Crippen molar-refractivity contribution in [3.63, 3.8) is 0 Å². The van der Waals surface area contributed by atoms with Gasteiger partial charge in [-0.25, -0.2) is 0 Å². The molecule has 7 aromatic rings. The van der Waals surface area contributed by atoms with Gasteiger partial charge in [-0.15, -0.1) is 11.3 Å². The van der Waals surface area contributed by atoms with Crippen molar-refractivity contribution in [3.05, 3.63) is 121 Å². The molecule has 31 heavy (non-hydrogen) atoms. The van der Waals surface area contributed by atoms with Crippen molar-refractivity contribution in [2.75, 3.05) is 0 Å². The van der Waals surface area contributed by atoms with Gasteiger partial charge in [0, 0.05) is 31.9 Å². The molecule has 0 aliphatic heterocycles. The molecular formula is C28H21NOS. The highest BCUT2D eigenvalue weighted by atomic mass is 32.1. The highest BCUT2D eigenvalue weighted by Gasteiger charge is 2.00. The van der Waals surface area contributed by atoms with E-state index in [1.807, 2.05) is 30.3 Å². The monoisotopic (exact) mass is 419 g/mol. The summed E-state index contributed by atoms with van der Waals surface area (Å²) >= 11 is 1.79. The molecule has 1 N–H and O–H groups in total. The highest BCUT2D eigenvalue weighted by Crippen LogP contribution is 2.24. The minimum Gasteiger partial charge on any atom is -0.464 e. The molecule has 0 spiro atoms. The summed E-state index contributed by atoms with van der Waals surface area (Å²) in [7, 11) is 0. The van der Waals surface area contributed by atoms with Gasteiger partial charge < -0.3 is 9.40 Å². The van der Waals surface area contributed by atoms with Crippen LogP contribution in [0.4, 0.5) is 0 Å². The minimum atomic E-state index is 0.956. The van der Waals surface area contributed by atoms with E-state index in [-0.39, 0.29) is 0 Å². The van der Waals surface area contributed by atoms with Crippen LogP contribution < -0.4 is 0 Å². The lowest BCUT2D eigenvalue weighted by atomic mass is 10.2. The second-order valence-electron chi connectivity index (χ2n) is 7.13. The van der Waals surface area contributed by atoms with Crippen LogP contribution >= 0.6 is 11.3 Å². The third kappa shape index (κ3) is 4.23. The summed E-state index contributed by atoms with van der Waals surface area (Å²) in [6, 6.07) is 37.2. The number of H-pyrrole nitrogens is 1. The first-order valence-electron chi connectivity index (χ1n) is 10.2. The van der Waals surface area contributed by atoms with Gasteiger partial charge in [0.05, 0.1) is 6.26 Å². The van der Waals surface area contributed by atoms with Crippen molar-refractivity contribution >= 4 is 54.2 Å². The zero-order valence-electron chi connectivity index (χ0n) is 16.9. The van der Waals surface area contributed by atoms with E-state index in [4.69, 9.17) is 4.42 Å². The van der Waals surface area contributed by atoms with Gasteiger partial charge in [0.1, 0.15) is 5.58 Å². The van der Waals surface area contributed by atoms with Crippen LogP contribution in [-0.4, -0.2) is 4.98 Å². The summed E-state index contributed by atoms with van der Waals surface area (Å²) < 4.78 is 6.49. The molecule has 150 valence electrons. The Morgan fingerprint density at radius 1 is 0.548 bits per heavy atom. The molecule has 3 heterocycles. The lowest BCUT2D eigenvalue weighted by Crippen LogP contribution is -1.62. The van der Waals surface area contributed by atoms with Gasteiger partial charge in [-0.2, -0.15) is 0 Å². The Morgan fingerprint density at radius 3 is 1.87 bits per heavy atom. The molecule has 3 heteroatoms. The number of aromatic amines is 1. The maximum absolute atomic E-state index is 5.12. The zero-order chi connectivity index (χ0) is 20.9. The van der Waals surface area contributed by atoms with Crippen LogP contribution in [0.25, 0.3) is 42.9 Å². The Kier molecular flexibility index (Phi) is 5.50. The Labute approximate surface area is 184 Å². The summed E-state index contributed by atoms with van der Waals surface area (Å²) in [5, 5.41) is 7.24. The number of benzene rings is 4. The molecular weight excluding hydrogens is 398 g/mol. The second kappa shape index (κ2) is 8.90. The molecule has 0 radical (unpaired) electrons. The van der Waals surface area contributed by atoms with Crippen LogP contribution in [0.1, 0.15) is 0 Å². The van der Waals surface area contributed by atoms with E-state index in [9.17, 15) is 0 Å². The number of hydrogen-bond donors (Lipinski definition) is 1. The van der Waals surface area contributed by atoms with E-state index < -0.39 is 0 Å². The number of hydrogen-bond acceptors (Lipinski definition) is 2. The summed E-state index contributed by atoms with van der Waals surface area (Å²) in [6.45, 7) is 0. The van der Waals surface area contributed by atoms with Gasteiger partial charge in [-0.1, -0.05) is 72.8 Å². The summed E-state index contributed by atoms with van der Waals surface area (Å²) in [5.74, 6) is 0. The average molecular weight is 420 g/mol. The van der Waals surface area contributed by atoms with E-state index in [0.717, 1.165) is 11.0 Å². The average Bonchev–Trinajstić information content (AvgIpc) is 3.57. The van der Waals surface area contributed by atoms with Crippen LogP contribution in [0.2, 0.25) is 0 Å². The Morgan fingerprint density at radius 2 is 1.16 bits per heavy atom. The molecule has 0 fully saturated rings. The molecule has 0 amide bonds. The second-order valence-corrected chi connectivity index (χ2v) is 8.08. The summed E-state index contributed by atoms with van der Waals surface area (Å²) in [5.41, 5.74) is 3.38. The van der Waals surface area contributed by atoms with E-state index in [1.165, 1.54) is 31.9 Å². The Bertz CT molecular complexity index is 1380. The lowest BCUT2D eigenvalue weighted by molar-refractivity contribution is 0.616. The van der Waals surface area contributed by atoms with Crippen molar-refractivity contribution in [2.45, 2.75) is 0 Å². The minimum absolute atomic E-state index is 0.956. The molecule has 0 bridgehead atoms. The molecule has 2 nitrogen and oxygen atoms in total. The van der Waals surface area contributed by atoms with Crippen molar-refractivity contribution < 1.29 is 4.42 Å². The lowest BCUT2D eigenvalue weighted by Gasteiger charge is -1.87. The molecule has 0 unspecified atom stereocenters. The standard InChI is InChI=1S/C12H9N.C8H6O.C8H6S/c1-3-7-11-9(5-1)10-6-2-4-8-12(10)13-11;2*1-2-4-8-7(3-1)5-6-9-8/h1-8,13H;2*1-6H. The van der Waals surface area contributed by atoms with Gasteiger partial charge >= 0.3 is 0 Å². The van der Waals surface area contributed by atoms with E-state index in [2.05, 4.69) is 89.2 Å². The van der Waals surface area contributed by atoms with Crippen LogP contribution in [-0.2, 0) is 0 Å². The number of thiophene rings is 1. The van der Waals surface area contributed by atoms with Gasteiger partial charge in [-0.3, -0.25) is 0 Å². The summed E-state index contributed by atoms with van der Waals surface area (Å²) in [4.78, 5) is 3.38. The van der Waals surface area contributed by atoms with E-state index >= 15 is 0 Å². The van der Waals surface area contributed by atoms with Crippen molar-refractivity contribution in [2.24, 2.45) is 0 Å². The van der Waals surface area contributed by atoms with Crippen molar-refractivity contribution in [1.29, 1.82) is 0 Å². The van der Waals surface area contributed by atoms with Crippen molar-refractivity contribution in [3.8, 4) is 0 Å². The van der Waals surface area contributed by atoms with Crippen LogP contribution in [0, 0.1) is 0 Å². The number of fused-ring (bicyclic) bond motifs is 5. The van der Waals surface area contributed by atoms with E-state index in [1.54, 1.807) is 17.6 Å². The predicted molar refractivity (Wildman–Crippen MR) is 134 cm³/mol. The molecule has 0 saturated carbocycles. The highest BCUT2D eigenvalue weighted by molar-refractivity contribution is 7.17. The summed E-state index contributed by atoms with van der Waals surface area (Å²) in [6.07, 6.45) is 1.70. The first kappa shape index (κ1) is 19.2. The normalized spacial score (nSPS) is 10.6. The molecule has 0 aliphatic rings. The number of para-hydroxylation sites is 3. The first-order valence-corrected chi connectivity index (χ1v) is 11.1. The number of nitrogens with one attached hydrogen (secondary N) is 1. The SMILES string of the molecule is c1ccc2c(c1)[nH]c1ccccc12.c1ccc2occc2c1.c1ccc2sccc2c1. The third-order valence-electron chi connectivity index (χ3n) is 5.14. The number of furan rings is 1. The fourth-order valence-corrected chi connectivity index (χ4v) is 4.40. The number of aromatic nitrogens is 1. The molecule has 4 aromatic carbocycles. The van der Waals surface area contributed by atoms with Crippen LogP contribution in [0.15, 0.2) is 125 Å². The third-order valence-corrected chi connectivity index (χ3v) is 6.03. The van der Waals surface area contributed by atoms with Gasteiger partial charge in [-0.05, 0) is 47.2 Å². The topological polar surface area (TPSA) is 28.9 Å². The van der Waals surface area contributed by atoms with Crippen molar-refractivity contribution in [1.82, 2.24) is 4.98 Å². The maximum Gasteiger partial charge on any atom is 0.133 e.